The van der Waals surface area contributed by atoms with Crippen molar-refractivity contribution in [1.82, 2.24) is 10.2 Å². The molecule has 0 aliphatic heterocycles. The fourth-order valence-corrected chi connectivity index (χ4v) is 2.61. The number of nitrogens with one attached hydrogen (secondary N) is 1. The Kier molecular flexibility index (Phi) is 5.81. The van der Waals surface area contributed by atoms with Crippen LogP contribution in [0, 0.1) is 0 Å². The number of nitrogens with zero attached hydrogens (tertiary/aromatic N) is 1. The van der Waals surface area contributed by atoms with E-state index in [1.807, 2.05) is 43.1 Å². The van der Waals surface area contributed by atoms with Crippen molar-refractivity contribution in [3.8, 4) is 5.75 Å². The van der Waals surface area contributed by atoms with Crippen molar-refractivity contribution in [2.45, 2.75) is 32.7 Å². The van der Waals surface area contributed by atoms with Crippen LogP contribution >= 0.6 is 0 Å². The van der Waals surface area contributed by atoms with E-state index in [1.54, 1.807) is 0 Å². The number of ether oxygens (including phenoxy) is 1. The van der Waals surface area contributed by atoms with Gasteiger partial charge in [-0.1, -0.05) is 18.2 Å². The molecule has 1 aliphatic rings. The smallest absolute Gasteiger partial charge is 0.264 e. The highest BCUT2D eigenvalue weighted by molar-refractivity contribution is 5.79. The van der Waals surface area contributed by atoms with Crippen LogP contribution in [-0.2, 0) is 11.3 Å². The van der Waals surface area contributed by atoms with Crippen molar-refractivity contribution >= 4 is 5.91 Å². The summed E-state index contributed by atoms with van der Waals surface area (Å²) in [6, 6.07) is 7.84. The van der Waals surface area contributed by atoms with Crippen molar-refractivity contribution in [1.29, 1.82) is 0 Å². The summed E-state index contributed by atoms with van der Waals surface area (Å²) in [4.78, 5) is 14.1. The zero-order chi connectivity index (χ0) is 15.1. The van der Waals surface area contributed by atoms with Gasteiger partial charge in [0.05, 0.1) is 0 Å². The zero-order valence-electron chi connectivity index (χ0n) is 12.9. The van der Waals surface area contributed by atoms with Crippen LogP contribution in [0.1, 0.15) is 31.7 Å². The van der Waals surface area contributed by atoms with Crippen molar-refractivity contribution in [2.75, 3.05) is 20.2 Å². The van der Waals surface area contributed by atoms with Crippen LogP contribution in [-0.4, -0.2) is 31.0 Å². The van der Waals surface area contributed by atoms with Gasteiger partial charge in [0.25, 0.3) is 5.91 Å². The maximum absolute atomic E-state index is 12.3. The van der Waals surface area contributed by atoms with E-state index in [-0.39, 0.29) is 12.5 Å². The first-order chi connectivity index (χ1) is 10.2. The van der Waals surface area contributed by atoms with Crippen LogP contribution in [0.4, 0.5) is 0 Å². The minimum atomic E-state index is 0.0321. The van der Waals surface area contributed by atoms with Crippen molar-refractivity contribution < 1.29 is 9.53 Å². The van der Waals surface area contributed by atoms with E-state index < -0.39 is 0 Å². The lowest BCUT2D eigenvalue weighted by atomic mass is 10.2. The maximum Gasteiger partial charge on any atom is 0.264 e. The second kappa shape index (κ2) is 7.84. The number of hydrogen-bond donors (Lipinski definition) is 1. The molecule has 0 unspecified atom stereocenters. The van der Waals surface area contributed by atoms with Crippen LogP contribution < -0.4 is 10.1 Å². The summed E-state index contributed by atoms with van der Waals surface area (Å²) >= 11 is 0. The molecule has 0 heterocycles. The Morgan fingerprint density at radius 2 is 2.29 bits per heavy atom. The molecule has 0 radical (unpaired) electrons. The van der Waals surface area contributed by atoms with E-state index in [4.69, 9.17) is 4.74 Å². The van der Waals surface area contributed by atoms with E-state index >= 15 is 0 Å². The molecule has 21 heavy (non-hydrogen) atoms. The molecule has 1 aliphatic carbocycles. The quantitative estimate of drug-likeness (QED) is 0.839. The highest BCUT2D eigenvalue weighted by Crippen LogP contribution is 2.21. The first-order valence-corrected chi connectivity index (χ1v) is 7.60. The Labute approximate surface area is 126 Å². The number of allylic oxidation sites excluding steroid dienone is 2. The average Bonchev–Trinajstić information content (AvgIpc) is 3.01. The number of carbonyl (C=O) groups is 1. The summed E-state index contributed by atoms with van der Waals surface area (Å²) in [7, 11) is 1.91. The molecule has 0 fully saturated rings. The first kappa shape index (κ1) is 15.6. The standard InChI is InChI=1S/C17H24N2O2/c1-3-19(15-8-4-5-9-15)17(20)13-21-16-10-6-7-14(11-16)12-18-2/h6-8,10-11,18H,3-5,9,12-13H2,1-2H3. The van der Waals surface area contributed by atoms with Gasteiger partial charge in [-0.15, -0.1) is 0 Å². The molecule has 1 N–H and O–H groups in total. The maximum atomic E-state index is 12.3. The lowest BCUT2D eigenvalue weighted by molar-refractivity contribution is -0.131. The molecule has 114 valence electrons. The molecule has 1 aromatic rings. The molecule has 0 aromatic heterocycles. The van der Waals surface area contributed by atoms with Crippen LogP contribution in [0.25, 0.3) is 0 Å². The van der Waals surface area contributed by atoms with E-state index in [9.17, 15) is 4.79 Å². The molecule has 0 atom stereocenters. The van der Waals surface area contributed by atoms with Gasteiger partial charge in [-0.05, 0) is 50.9 Å². The van der Waals surface area contributed by atoms with E-state index in [0.29, 0.717) is 6.54 Å². The Hall–Kier alpha value is -1.81. The highest BCUT2D eigenvalue weighted by Gasteiger charge is 2.18. The fourth-order valence-electron chi connectivity index (χ4n) is 2.61. The monoisotopic (exact) mass is 288 g/mol. The van der Waals surface area contributed by atoms with Gasteiger partial charge >= 0.3 is 0 Å². The molecule has 0 spiro atoms. The SMILES string of the molecule is CCN(C(=O)COc1cccc(CNC)c1)C1=CCCC1. The lowest BCUT2D eigenvalue weighted by Gasteiger charge is -2.22. The predicted molar refractivity (Wildman–Crippen MR) is 84.0 cm³/mol. The topological polar surface area (TPSA) is 41.6 Å². The molecular weight excluding hydrogens is 264 g/mol. The predicted octanol–water partition coefficient (Wildman–Crippen LogP) is 2.70. The number of benzene rings is 1. The minimum Gasteiger partial charge on any atom is -0.484 e. The minimum absolute atomic E-state index is 0.0321. The number of likely N-dealkylation sites (N-methyl/N-ethyl adjacent to an activating group) is 1. The molecule has 4 nitrogen and oxygen atoms in total. The van der Waals surface area contributed by atoms with Crippen LogP contribution in [0.3, 0.4) is 0 Å². The molecule has 1 amide bonds. The van der Waals surface area contributed by atoms with Gasteiger partial charge in [0.2, 0.25) is 0 Å². The van der Waals surface area contributed by atoms with E-state index in [1.165, 1.54) is 0 Å². The summed E-state index contributed by atoms with van der Waals surface area (Å²) in [5.74, 6) is 0.775. The number of carbonyl (C=O) groups excluding carboxylic acids is 1. The van der Waals surface area contributed by atoms with Gasteiger partial charge in [-0.2, -0.15) is 0 Å². The third-order valence-electron chi connectivity index (χ3n) is 3.62. The van der Waals surface area contributed by atoms with Gasteiger partial charge in [0.15, 0.2) is 6.61 Å². The van der Waals surface area contributed by atoms with Gasteiger partial charge in [-0.3, -0.25) is 4.79 Å². The van der Waals surface area contributed by atoms with E-state index in [2.05, 4.69) is 11.4 Å². The first-order valence-electron chi connectivity index (χ1n) is 7.60. The molecular formula is C17H24N2O2. The second-order valence-corrected chi connectivity index (χ2v) is 5.19. The summed E-state index contributed by atoms with van der Waals surface area (Å²) in [6.07, 6.45) is 5.38. The lowest BCUT2D eigenvalue weighted by Crippen LogP contribution is -2.33. The van der Waals surface area contributed by atoms with Crippen molar-refractivity contribution in [3.05, 3.63) is 41.6 Å². The Bertz CT molecular complexity index is 511. The van der Waals surface area contributed by atoms with E-state index in [0.717, 1.165) is 42.8 Å². The summed E-state index contributed by atoms with van der Waals surface area (Å²) in [6.45, 7) is 3.59. The normalized spacial score (nSPS) is 13.9. The third-order valence-corrected chi connectivity index (χ3v) is 3.62. The van der Waals surface area contributed by atoms with Crippen molar-refractivity contribution in [2.24, 2.45) is 0 Å². The van der Waals surface area contributed by atoms with Gasteiger partial charge in [0, 0.05) is 18.8 Å². The fraction of sp³-hybridized carbons (Fsp3) is 0.471. The Morgan fingerprint density at radius 1 is 1.43 bits per heavy atom. The summed E-state index contributed by atoms with van der Waals surface area (Å²) in [5.41, 5.74) is 2.29. The van der Waals surface area contributed by atoms with Gasteiger partial charge in [0.1, 0.15) is 5.75 Å². The largest absolute Gasteiger partial charge is 0.484 e. The zero-order valence-corrected chi connectivity index (χ0v) is 12.9. The molecule has 0 saturated heterocycles. The third kappa shape index (κ3) is 4.33. The van der Waals surface area contributed by atoms with Gasteiger partial charge < -0.3 is 15.0 Å². The second-order valence-electron chi connectivity index (χ2n) is 5.19. The number of hydrogen-bond acceptors (Lipinski definition) is 3. The highest BCUT2D eigenvalue weighted by atomic mass is 16.5. The molecule has 2 rings (SSSR count). The van der Waals surface area contributed by atoms with Crippen molar-refractivity contribution in [3.63, 3.8) is 0 Å². The van der Waals surface area contributed by atoms with Crippen LogP contribution in [0.5, 0.6) is 5.75 Å². The Balaban J connectivity index is 1.92. The van der Waals surface area contributed by atoms with Gasteiger partial charge in [-0.25, -0.2) is 0 Å². The van der Waals surface area contributed by atoms with Crippen LogP contribution in [0.15, 0.2) is 36.0 Å². The molecule has 4 heteroatoms. The summed E-state index contributed by atoms with van der Waals surface area (Å²) in [5, 5.41) is 3.10. The molecule has 0 saturated carbocycles. The molecule has 1 aromatic carbocycles. The molecule has 0 bridgehead atoms. The summed E-state index contributed by atoms with van der Waals surface area (Å²) < 4.78 is 5.65. The number of rotatable bonds is 7. The van der Waals surface area contributed by atoms with Crippen LogP contribution in [0.2, 0.25) is 0 Å². The Morgan fingerprint density at radius 3 is 2.95 bits per heavy atom. The average molecular weight is 288 g/mol. The number of amides is 1.